The molecule has 0 aromatic rings. The van der Waals surface area contributed by atoms with Gasteiger partial charge in [-0.25, -0.2) is 0 Å². The minimum Gasteiger partial charge on any atom is -0.331 e. The van der Waals surface area contributed by atoms with Crippen LogP contribution in [0.25, 0.3) is 0 Å². The Kier molecular flexibility index (Phi) is 11.2. The summed E-state index contributed by atoms with van der Waals surface area (Å²) in [5.74, 6) is -0.0133. The Balaban J connectivity index is 0. The van der Waals surface area contributed by atoms with Crippen molar-refractivity contribution < 1.29 is 4.79 Å². The molecule has 1 amide bonds. The minimum atomic E-state index is -0.0133. The lowest BCUT2D eigenvalue weighted by Crippen LogP contribution is -2.16. The Morgan fingerprint density at radius 2 is 1.50 bits per heavy atom. The molecule has 0 radical (unpaired) electrons. The first-order valence-electron chi connectivity index (χ1n) is 4.06. The summed E-state index contributed by atoms with van der Waals surface area (Å²) in [4.78, 5) is 10.3. The number of nitrogens with one attached hydrogen (secondary N) is 1. The van der Waals surface area contributed by atoms with Gasteiger partial charge < -0.3 is 5.32 Å². The van der Waals surface area contributed by atoms with Crippen LogP contribution in [-0.4, -0.2) is 5.91 Å². The first kappa shape index (κ1) is 13.5. The highest BCUT2D eigenvalue weighted by atomic mass is 16.1. The van der Waals surface area contributed by atoms with E-state index in [0.29, 0.717) is 0 Å². The van der Waals surface area contributed by atoms with Crippen LogP contribution in [0.2, 0.25) is 0 Å². The van der Waals surface area contributed by atoms with E-state index < -0.39 is 0 Å². The molecule has 0 spiro atoms. The van der Waals surface area contributed by atoms with Crippen molar-refractivity contribution in [3.63, 3.8) is 0 Å². The Bertz CT molecular complexity index is 165. The zero-order chi connectivity index (χ0) is 9.98. The number of allylic oxidation sites excluding steroid dienone is 4. The number of hydrogen-bond donors (Lipinski definition) is 1. The summed E-state index contributed by atoms with van der Waals surface area (Å²) in [7, 11) is 0. The van der Waals surface area contributed by atoms with E-state index >= 15 is 0 Å². The van der Waals surface area contributed by atoms with E-state index in [0.717, 1.165) is 5.70 Å². The van der Waals surface area contributed by atoms with Crippen LogP contribution in [0.4, 0.5) is 0 Å². The summed E-state index contributed by atoms with van der Waals surface area (Å²) in [6, 6.07) is 0. The van der Waals surface area contributed by atoms with Crippen LogP contribution < -0.4 is 5.32 Å². The fourth-order valence-corrected chi connectivity index (χ4v) is 0.350. The van der Waals surface area contributed by atoms with Gasteiger partial charge in [-0.2, -0.15) is 0 Å². The molecule has 0 bridgehead atoms. The molecule has 0 aliphatic heterocycles. The van der Waals surface area contributed by atoms with E-state index in [1.807, 2.05) is 45.9 Å². The van der Waals surface area contributed by atoms with Crippen molar-refractivity contribution in [1.82, 2.24) is 5.32 Å². The summed E-state index contributed by atoms with van der Waals surface area (Å²) < 4.78 is 0. The van der Waals surface area contributed by atoms with Crippen molar-refractivity contribution in [2.45, 2.75) is 34.6 Å². The summed E-state index contributed by atoms with van der Waals surface area (Å²) in [5, 5.41) is 2.61. The third-order valence-corrected chi connectivity index (χ3v) is 1.14. The molecular formula is C10H19NO. The lowest BCUT2D eigenvalue weighted by atomic mass is 10.4. The van der Waals surface area contributed by atoms with E-state index in [1.54, 1.807) is 0 Å². The number of carbonyl (C=O) groups excluding carboxylic acids is 1. The monoisotopic (exact) mass is 169 g/mol. The molecule has 0 saturated heterocycles. The van der Waals surface area contributed by atoms with Gasteiger partial charge in [0.25, 0.3) is 0 Å². The number of amides is 1. The zero-order valence-corrected chi connectivity index (χ0v) is 8.64. The fraction of sp³-hybridized carbons (Fsp3) is 0.500. The molecule has 0 heterocycles. The largest absolute Gasteiger partial charge is 0.331 e. The van der Waals surface area contributed by atoms with E-state index in [2.05, 4.69) is 5.32 Å². The molecule has 0 aliphatic carbocycles. The topological polar surface area (TPSA) is 29.1 Å². The summed E-state index contributed by atoms with van der Waals surface area (Å²) in [5.41, 5.74) is 0.900. The summed E-state index contributed by atoms with van der Waals surface area (Å²) >= 11 is 0. The van der Waals surface area contributed by atoms with Crippen LogP contribution in [0.15, 0.2) is 23.9 Å². The molecule has 0 aliphatic rings. The number of rotatable bonds is 1. The lowest BCUT2D eigenvalue weighted by molar-refractivity contribution is -0.118. The van der Waals surface area contributed by atoms with Gasteiger partial charge in [0.2, 0.25) is 5.91 Å². The third-order valence-electron chi connectivity index (χ3n) is 1.14. The van der Waals surface area contributed by atoms with Gasteiger partial charge in [0.1, 0.15) is 0 Å². The minimum absolute atomic E-state index is 0.0133. The highest BCUT2D eigenvalue weighted by Crippen LogP contribution is 1.82. The molecule has 2 heteroatoms. The van der Waals surface area contributed by atoms with Gasteiger partial charge in [-0.15, -0.1) is 0 Å². The molecule has 0 saturated carbocycles. The maximum absolute atomic E-state index is 10.3. The van der Waals surface area contributed by atoms with Gasteiger partial charge in [0, 0.05) is 12.6 Å². The van der Waals surface area contributed by atoms with E-state index in [9.17, 15) is 4.79 Å². The molecule has 2 nitrogen and oxygen atoms in total. The highest BCUT2D eigenvalue weighted by Gasteiger charge is 1.87. The summed E-state index contributed by atoms with van der Waals surface area (Å²) in [6.07, 6.45) is 5.85. The predicted octanol–water partition coefficient (Wildman–Crippen LogP) is 2.63. The molecule has 0 aromatic heterocycles. The predicted molar refractivity (Wildman–Crippen MR) is 53.7 cm³/mol. The Labute approximate surface area is 75.4 Å². The van der Waals surface area contributed by atoms with Crippen LogP contribution in [0, 0.1) is 0 Å². The van der Waals surface area contributed by atoms with Gasteiger partial charge in [0.05, 0.1) is 0 Å². The Morgan fingerprint density at radius 3 is 1.58 bits per heavy atom. The van der Waals surface area contributed by atoms with Crippen molar-refractivity contribution in [2.75, 3.05) is 0 Å². The van der Waals surface area contributed by atoms with Crippen LogP contribution in [0.3, 0.4) is 0 Å². The van der Waals surface area contributed by atoms with Gasteiger partial charge in [-0.3, -0.25) is 4.79 Å². The average molecular weight is 169 g/mol. The molecule has 0 atom stereocenters. The zero-order valence-electron chi connectivity index (χ0n) is 8.64. The molecule has 12 heavy (non-hydrogen) atoms. The molecule has 0 rings (SSSR count). The maximum Gasteiger partial charge on any atom is 0.220 e. The highest BCUT2D eigenvalue weighted by molar-refractivity contribution is 5.74. The average Bonchev–Trinajstić information content (AvgIpc) is 2.04. The van der Waals surface area contributed by atoms with Crippen molar-refractivity contribution in [1.29, 1.82) is 0 Å². The van der Waals surface area contributed by atoms with E-state index in [1.165, 1.54) is 6.92 Å². The van der Waals surface area contributed by atoms with Crippen molar-refractivity contribution in [3.05, 3.63) is 23.9 Å². The second kappa shape index (κ2) is 9.95. The lowest BCUT2D eigenvalue weighted by Gasteiger charge is -1.96. The molecule has 0 aromatic carbocycles. The van der Waals surface area contributed by atoms with Crippen LogP contribution in [0.5, 0.6) is 0 Å². The van der Waals surface area contributed by atoms with Gasteiger partial charge in [-0.1, -0.05) is 18.2 Å². The van der Waals surface area contributed by atoms with Gasteiger partial charge in [0.15, 0.2) is 0 Å². The smallest absolute Gasteiger partial charge is 0.220 e. The molecule has 70 valence electrons. The van der Waals surface area contributed by atoms with Gasteiger partial charge >= 0.3 is 0 Å². The number of carbonyl (C=O) groups is 1. The number of hydrogen-bond acceptors (Lipinski definition) is 1. The van der Waals surface area contributed by atoms with E-state index in [-0.39, 0.29) is 5.91 Å². The van der Waals surface area contributed by atoms with E-state index in [4.69, 9.17) is 0 Å². The summed E-state index contributed by atoms with van der Waals surface area (Å²) in [6.45, 7) is 9.22. The van der Waals surface area contributed by atoms with Crippen LogP contribution in [0.1, 0.15) is 34.6 Å². The van der Waals surface area contributed by atoms with Gasteiger partial charge in [-0.05, 0) is 27.7 Å². The molecule has 1 N–H and O–H groups in total. The standard InChI is InChI=1S/C6H11NO.C4H8/c1-4-5(2)7-6(3)8;1-3-4-2/h4H,1-3H3,(H,7,8);3-4H,1-2H3/b5-4+;4-3-. The second-order valence-electron chi connectivity index (χ2n) is 2.32. The SMILES string of the molecule is C/C=C(\C)NC(C)=O.C/C=C\C. The van der Waals surface area contributed by atoms with Crippen molar-refractivity contribution in [3.8, 4) is 0 Å². The third kappa shape index (κ3) is 16.0. The van der Waals surface area contributed by atoms with Crippen LogP contribution in [-0.2, 0) is 4.79 Å². The normalized spacial score (nSPS) is 10.6. The first-order chi connectivity index (χ1) is 5.58. The maximum atomic E-state index is 10.3. The fourth-order valence-electron chi connectivity index (χ4n) is 0.350. The Hall–Kier alpha value is -1.05. The first-order valence-corrected chi connectivity index (χ1v) is 4.06. The van der Waals surface area contributed by atoms with Crippen LogP contribution >= 0.6 is 0 Å². The van der Waals surface area contributed by atoms with Crippen molar-refractivity contribution >= 4 is 5.91 Å². The Morgan fingerprint density at radius 1 is 1.08 bits per heavy atom. The van der Waals surface area contributed by atoms with Crippen molar-refractivity contribution in [2.24, 2.45) is 0 Å². The second-order valence-corrected chi connectivity index (χ2v) is 2.32. The molecule has 0 fully saturated rings. The molecule has 0 unspecified atom stereocenters. The molecular weight excluding hydrogens is 150 g/mol. The quantitative estimate of drug-likeness (QED) is 0.601.